The zero-order chi connectivity index (χ0) is 17.2. The van der Waals surface area contributed by atoms with E-state index in [4.69, 9.17) is 4.74 Å². The third kappa shape index (κ3) is 9.75. The predicted molar refractivity (Wildman–Crippen MR) is 97.6 cm³/mol. The molecule has 1 atom stereocenters. The van der Waals surface area contributed by atoms with E-state index in [-0.39, 0.29) is 0 Å². The molecule has 0 spiro atoms. The van der Waals surface area contributed by atoms with Crippen molar-refractivity contribution in [2.75, 3.05) is 26.3 Å². The molecule has 132 valence electrons. The second-order valence-electron chi connectivity index (χ2n) is 7.49. The molecule has 23 heavy (non-hydrogen) atoms. The lowest BCUT2D eigenvalue weighted by atomic mass is 10.1. The van der Waals surface area contributed by atoms with E-state index in [1.54, 1.807) is 0 Å². The van der Waals surface area contributed by atoms with Crippen LogP contribution in [0.25, 0.3) is 0 Å². The van der Waals surface area contributed by atoms with E-state index in [9.17, 15) is 5.11 Å². The Bertz CT molecular complexity index is 431. The second-order valence-corrected chi connectivity index (χ2v) is 7.49. The third-order valence-corrected chi connectivity index (χ3v) is 3.74. The van der Waals surface area contributed by atoms with E-state index in [0.29, 0.717) is 31.6 Å². The van der Waals surface area contributed by atoms with Gasteiger partial charge < -0.3 is 9.84 Å². The molecule has 0 radical (unpaired) electrons. The number of aliphatic hydroxyl groups excluding tert-OH is 1. The van der Waals surface area contributed by atoms with Crippen molar-refractivity contribution >= 4 is 0 Å². The van der Waals surface area contributed by atoms with Crippen molar-refractivity contribution in [2.45, 2.75) is 53.7 Å². The van der Waals surface area contributed by atoms with Gasteiger partial charge in [0.25, 0.3) is 0 Å². The van der Waals surface area contributed by atoms with Crippen LogP contribution in [0, 0.1) is 18.8 Å². The summed E-state index contributed by atoms with van der Waals surface area (Å²) in [6.45, 7) is 14.5. The number of ether oxygens (including phenoxy) is 1. The molecule has 3 heteroatoms. The zero-order valence-electron chi connectivity index (χ0n) is 15.6. The summed E-state index contributed by atoms with van der Waals surface area (Å²) in [5.41, 5.74) is 2.59. The van der Waals surface area contributed by atoms with E-state index in [2.05, 4.69) is 63.8 Å². The van der Waals surface area contributed by atoms with Crippen molar-refractivity contribution < 1.29 is 9.84 Å². The third-order valence-electron chi connectivity index (χ3n) is 3.74. The summed E-state index contributed by atoms with van der Waals surface area (Å²) in [7, 11) is 0. The number of aryl methyl sites for hydroxylation is 1. The first kappa shape index (κ1) is 20.1. The van der Waals surface area contributed by atoms with Gasteiger partial charge in [0.1, 0.15) is 0 Å². The minimum absolute atomic E-state index is 0.421. The topological polar surface area (TPSA) is 32.7 Å². The molecule has 0 aliphatic heterocycles. The molecule has 1 N–H and O–H groups in total. The van der Waals surface area contributed by atoms with Gasteiger partial charge in [-0.3, -0.25) is 4.90 Å². The molecule has 0 fully saturated rings. The largest absolute Gasteiger partial charge is 0.389 e. The first-order chi connectivity index (χ1) is 10.9. The summed E-state index contributed by atoms with van der Waals surface area (Å²) in [6, 6.07) is 8.62. The van der Waals surface area contributed by atoms with E-state index >= 15 is 0 Å². The molecule has 1 aromatic rings. The summed E-state index contributed by atoms with van der Waals surface area (Å²) in [4.78, 5) is 2.35. The van der Waals surface area contributed by atoms with Gasteiger partial charge in [-0.15, -0.1) is 0 Å². The Hall–Kier alpha value is -0.900. The highest BCUT2D eigenvalue weighted by Crippen LogP contribution is 2.11. The van der Waals surface area contributed by atoms with Crippen molar-refractivity contribution in [3.63, 3.8) is 0 Å². The lowest BCUT2D eigenvalue weighted by molar-refractivity contribution is 0.00628. The first-order valence-electron chi connectivity index (χ1n) is 8.90. The Labute approximate surface area is 142 Å². The summed E-state index contributed by atoms with van der Waals surface area (Å²) < 4.78 is 5.58. The van der Waals surface area contributed by atoms with Gasteiger partial charge in [-0.1, -0.05) is 57.5 Å². The van der Waals surface area contributed by atoms with Crippen LogP contribution in [-0.4, -0.2) is 42.4 Å². The van der Waals surface area contributed by atoms with E-state index < -0.39 is 6.10 Å². The Balaban J connectivity index is 2.53. The number of hydrogen-bond acceptors (Lipinski definition) is 3. The summed E-state index contributed by atoms with van der Waals surface area (Å²) in [5, 5.41) is 10.3. The van der Waals surface area contributed by atoms with Crippen molar-refractivity contribution in [3.8, 4) is 0 Å². The van der Waals surface area contributed by atoms with E-state index in [1.165, 1.54) is 11.1 Å². The molecule has 0 heterocycles. The SMILES string of the molecule is Cc1cccc(CN(CCC(C)C)C[C@H](O)COCC(C)C)c1. The van der Waals surface area contributed by atoms with Crippen LogP contribution in [0.5, 0.6) is 0 Å². The van der Waals surface area contributed by atoms with Gasteiger partial charge in [0.15, 0.2) is 0 Å². The van der Waals surface area contributed by atoms with Gasteiger partial charge in [-0.25, -0.2) is 0 Å². The normalized spacial score (nSPS) is 13.3. The Morgan fingerprint density at radius 1 is 1.09 bits per heavy atom. The molecule has 0 bridgehead atoms. The van der Waals surface area contributed by atoms with Gasteiger partial charge >= 0.3 is 0 Å². The van der Waals surface area contributed by atoms with Gasteiger partial charge in [-0.2, -0.15) is 0 Å². The van der Waals surface area contributed by atoms with Crippen LogP contribution in [0.3, 0.4) is 0 Å². The number of hydrogen-bond donors (Lipinski definition) is 1. The first-order valence-corrected chi connectivity index (χ1v) is 8.90. The fourth-order valence-corrected chi connectivity index (χ4v) is 2.53. The molecule has 0 saturated carbocycles. The molecule has 0 aliphatic rings. The minimum atomic E-state index is -0.425. The maximum Gasteiger partial charge on any atom is 0.0900 e. The Morgan fingerprint density at radius 2 is 1.83 bits per heavy atom. The van der Waals surface area contributed by atoms with Gasteiger partial charge in [0.05, 0.1) is 12.7 Å². The number of benzene rings is 1. The molecule has 1 rings (SSSR count). The van der Waals surface area contributed by atoms with Gasteiger partial charge in [-0.05, 0) is 37.3 Å². The van der Waals surface area contributed by atoms with Crippen LogP contribution in [-0.2, 0) is 11.3 Å². The van der Waals surface area contributed by atoms with Gasteiger partial charge in [0, 0.05) is 19.7 Å². The van der Waals surface area contributed by atoms with Crippen molar-refractivity contribution in [1.29, 1.82) is 0 Å². The van der Waals surface area contributed by atoms with Crippen LogP contribution >= 0.6 is 0 Å². The molecule has 0 aromatic heterocycles. The molecule has 0 saturated heterocycles. The summed E-state index contributed by atoms with van der Waals surface area (Å²) >= 11 is 0. The minimum Gasteiger partial charge on any atom is -0.389 e. The second kappa shape index (κ2) is 10.8. The van der Waals surface area contributed by atoms with E-state index in [1.807, 2.05) is 0 Å². The molecule has 0 aliphatic carbocycles. The standard InChI is InChI=1S/C20H35NO2/c1-16(2)9-10-21(12-19-8-6-7-18(5)11-19)13-20(22)15-23-14-17(3)4/h6-8,11,16-17,20,22H,9-10,12-15H2,1-5H3/t20-/m0/s1. The monoisotopic (exact) mass is 321 g/mol. The highest BCUT2D eigenvalue weighted by molar-refractivity contribution is 5.22. The predicted octanol–water partition coefficient (Wildman–Crippen LogP) is 3.88. The fourth-order valence-electron chi connectivity index (χ4n) is 2.53. The smallest absolute Gasteiger partial charge is 0.0900 e. The maximum atomic E-state index is 10.3. The van der Waals surface area contributed by atoms with Crippen LogP contribution < -0.4 is 0 Å². The Kier molecular flexibility index (Phi) is 9.46. The highest BCUT2D eigenvalue weighted by Gasteiger charge is 2.13. The molecular formula is C20H35NO2. The zero-order valence-corrected chi connectivity index (χ0v) is 15.6. The maximum absolute atomic E-state index is 10.3. The quantitative estimate of drug-likeness (QED) is 0.671. The average Bonchev–Trinajstić information content (AvgIpc) is 2.44. The lowest BCUT2D eigenvalue weighted by Gasteiger charge is -2.26. The number of aliphatic hydroxyl groups is 1. The number of rotatable bonds is 11. The van der Waals surface area contributed by atoms with Crippen LogP contribution in [0.15, 0.2) is 24.3 Å². The van der Waals surface area contributed by atoms with Crippen LogP contribution in [0.4, 0.5) is 0 Å². The fraction of sp³-hybridized carbons (Fsp3) is 0.700. The summed E-state index contributed by atoms with van der Waals surface area (Å²) in [6.07, 6.45) is 0.719. The van der Waals surface area contributed by atoms with Crippen molar-refractivity contribution in [1.82, 2.24) is 4.90 Å². The lowest BCUT2D eigenvalue weighted by Crippen LogP contribution is -2.36. The van der Waals surface area contributed by atoms with E-state index in [0.717, 1.165) is 19.5 Å². The molecule has 0 amide bonds. The molecular weight excluding hydrogens is 286 g/mol. The Morgan fingerprint density at radius 3 is 2.43 bits per heavy atom. The highest BCUT2D eigenvalue weighted by atomic mass is 16.5. The molecule has 3 nitrogen and oxygen atoms in total. The van der Waals surface area contributed by atoms with Crippen molar-refractivity contribution in [2.24, 2.45) is 11.8 Å². The van der Waals surface area contributed by atoms with Crippen LogP contribution in [0.2, 0.25) is 0 Å². The van der Waals surface area contributed by atoms with Crippen LogP contribution in [0.1, 0.15) is 45.2 Å². The molecule has 1 aromatic carbocycles. The molecule has 0 unspecified atom stereocenters. The number of nitrogens with zero attached hydrogens (tertiary/aromatic N) is 1. The van der Waals surface area contributed by atoms with Gasteiger partial charge in [0.2, 0.25) is 0 Å². The summed E-state index contributed by atoms with van der Waals surface area (Å²) in [5.74, 6) is 1.18. The van der Waals surface area contributed by atoms with Crippen molar-refractivity contribution in [3.05, 3.63) is 35.4 Å². The average molecular weight is 322 g/mol.